The Labute approximate surface area is 222 Å². The maximum atomic E-state index is 13.7. The predicted octanol–water partition coefficient (Wildman–Crippen LogP) is 5.58. The highest BCUT2D eigenvalue weighted by Gasteiger charge is 2.46. The molecule has 6 rings (SSSR count). The molecule has 3 aliphatic rings. The van der Waals surface area contributed by atoms with Crippen LogP contribution in [-0.4, -0.2) is 26.1 Å². The number of hydrogen-bond acceptors (Lipinski definition) is 7. The Bertz CT molecular complexity index is 1500. The molecule has 1 aromatic carbocycles. The molecule has 0 fully saturated rings. The number of hydrogen-bond donors (Lipinski definition) is 1. The van der Waals surface area contributed by atoms with E-state index in [-0.39, 0.29) is 23.1 Å². The Morgan fingerprint density at radius 3 is 2.83 bits per heavy atom. The molecule has 1 N–H and O–H groups in total. The van der Waals surface area contributed by atoms with Crippen molar-refractivity contribution >= 4 is 51.0 Å². The highest BCUT2D eigenvalue weighted by Crippen LogP contribution is 2.53. The number of aromatic nitrogens is 2. The van der Waals surface area contributed by atoms with E-state index in [2.05, 4.69) is 11.4 Å². The van der Waals surface area contributed by atoms with E-state index in [9.17, 15) is 14.9 Å². The topological polar surface area (TPSA) is 87.8 Å². The van der Waals surface area contributed by atoms with E-state index < -0.39 is 4.87 Å². The average Bonchev–Trinajstić information content (AvgIpc) is 3.53. The number of nitriles is 1. The van der Waals surface area contributed by atoms with Crippen molar-refractivity contribution in [1.82, 2.24) is 14.9 Å². The van der Waals surface area contributed by atoms with Gasteiger partial charge in [0.05, 0.1) is 22.9 Å². The van der Waals surface area contributed by atoms with Gasteiger partial charge in [0.25, 0.3) is 5.56 Å². The lowest BCUT2D eigenvalue weighted by Gasteiger charge is -2.29. The molecule has 184 valence electrons. The molecular formula is C27H26N4O2S3. The van der Waals surface area contributed by atoms with Crippen molar-refractivity contribution < 1.29 is 4.79 Å². The number of benzene rings is 1. The van der Waals surface area contributed by atoms with E-state index in [0.717, 1.165) is 66.4 Å². The number of rotatable bonds is 5. The van der Waals surface area contributed by atoms with Crippen LogP contribution in [0.25, 0.3) is 15.9 Å². The van der Waals surface area contributed by atoms with Gasteiger partial charge in [-0.15, -0.1) is 23.1 Å². The number of aryl methyl sites for hydroxylation is 2. The van der Waals surface area contributed by atoms with Crippen LogP contribution in [0.1, 0.15) is 49.5 Å². The van der Waals surface area contributed by atoms with Crippen LogP contribution >= 0.6 is 34.9 Å². The summed E-state index contributed by atoms with van der Waals surface area (Å²) in [4.78, 5) is 34.4. The first kappa shape index (κ1) is 23.8. The summed E-state index contributed by atoms with van der Waals surface area (Å²) in [5.74, 6) is -0.343. The molecule has 2 aromatic heterocycles. The summed E-state index contributed by atoms with van der Waals surface area (Å²) in [5.41, 5.74) is 3.04. The summed E-state index contributed by atoms with van der Waals surface area (Å²) in [6, 6.07) is 12.0. The monoisotopic (exact) mass is 534 g/mol. The lowest BCUT2D eigenvalue weighted by molar-refractivity contribution is -0.119. The number of allylic oxidation sites excluding steroid dienone is 1. The lowest BCUT2D eigenvalue weighted by Crippen LogP contribution is -2.47. The van der Waals surface area contributed by atoms with Crippen molar-refractivity contribution in [3.8, 4) is 11.8 Å². The summed E-state index contributed by atoms with van der Waals surface area (Å²) in [6.45, 7) is 1.96. The van der Waals surface area contributed by atoms with Crippen LogP contribution in [0.3, 0.4) is 0 Å². The van der Waals surface area contributed by atoms with E-state index in [4.69, 9.17) is 4.98 Å². The smallest absolute Gasteiger partial charge is 0.267 e. The van der Waals surface area contributed by atoms with Crippen molar-refractivity contribution in [2.75, 3.05) is 5.75 Å². The molecule has 0 saturated heterocycles. The van der Waals surface area contributed by atoms with Gasteiger partial charge in [-0.2, -0.15) is 5.26 Å². The molecule has 2 aliphatic carbocycles. The van der Waals surface area contributed by atoms with Crippen LogP contribution in [0.5, 0.6) is 0 Å². The van der Waals surface area contributed by atoms with Crippen molar-refractivity contribution in [3.05, 3.63) is 61.6 Å². The van der Waals surface area contributed by atoms with Gasteiger partial charge in [0, 0.05) is 4.88 Å². The molecule has 3 heterocycles. The summed E-state index contributed by atoms with van der Waals surface area (Å²) in [5, 5.41) is 14.3. The quantitative estimate of drug-likeness (QED) is 0.340. The highest BCUT2D eigenvalue weighted by molar-refractivity contribution is 8.04. The number of fused-ring (bicyclic) bond motifs is 3. The summed E-state index contributed by atoms with van der Waals surface area (Å²) in [6.07, 6.45) is 7.19. The molecule has 6 nitrogen and oxygen atoms in total. The zero-order valence-electron chi connectivity index (χ0n) is 20.0. The molecule has 0 spiro atoms. The van der Waals surface area contributed by atoms with Crippen LogP contribution < -0.4 is 10.9 Å². The van der Waals surface area contributed by atoms with Gasteiger partial charge in [0.2, 0.25) is 5.91 Å². The summed E-state index contributed by atoms with van der Waals surface area (Å²) in [7, 11) is 0. The summed E-state index contributed by atoms with van der Waals surface area (Å²) < 4.78 is 1.65. The third-order valence-electron chi connectivity index (χ3n) is 7.26. The van der Waals surface area contributed by atoms with Crippen molar-refractivity contribution in [1.29, 1.82) is 5.26 Å². The molecule has 0 radical (unpaired) electrons. The third kappa shape index (κ3) is 4.00. The van der Waals surface area contributed by atoms with Gasteiger partial charge in [-0.05, 0) is 80.0 Å². The molecule has 0 saturated carbocycles. The second-order valence-electron chi connectivity index (χ2n) is 9.67. The molecule has 36 heavy (non-hydrogen) atoms. The molecule has 1 aliphatic heterocycles. The lowest BCUT2D eigenvalue weighted by atomic mass is 9.86. The first-order chi connectivity index (χ1) is 17.5. The molecular weight excluding hydrogens is 509 g/mol. The van der Waals surface area contributed by atoms with E-state index in [1.807, 2.05) is 37.3 Å². The van der Waals surface area contributed by atoms with Gasteiger partial charge >= 0.3 is 0 Å². The second-order valence-corrected chi connectivity index (χ2v) is 13.2. The van der Waals surface area contributed by atoms with Crippen LogP contribution in [0, 0.1) is 17.2 Å². The molecule has 9 heteroatoms. The molecule has 2 unspecified atom stereocenters. The highest BCUT2D eigenvalue weighted by atomic mass is 32.2. The van der Waals surface area contributed by atoms with Crippen LogP contribution in [0.15, 0.2) is 50.8 Å². The Hall–Kier alpha value is -2.54. The fraction of sp³-hybridized carbons (Fsp3) is 0.407. The number of para-hydroxylation sites is 1. The van der Waals surface area contributed by atoms with E-state index in [1.165, 1.54) is 27.1 Å². The van der Waals surface area contributed by atoms with Crippen LogP contribution in [0.2, 0.25) is 0 Å². The van der Waals surface area contributed by atoms with Gasteiger partial charge in [0.15, 0.2) is 5.16 Å². The molecule has 1 amide bonds. The van der Waals surface area contributed by atoms with Gasteiger partial charge < -0.3 is 5.32 Å². The number of thiophene rings is 1. The van der Waals surface area contributed by atoms with Crippen molar-refractivity contribution in [2.24, 2.45) is 5.92 Å². The number of amides is 1. The Morgan fingerprint density at radius 2 is 2.03 bits per heavy atom. The minimum absolute atomic E-state index is 0.0618. The van der Waals surface area contributed by atoms with Crippen LogP contribution in [-0.2, 0) is 17.6 Å². The normalized spacial score (nSPS) is 22.9. The van der Waals surface area contributed by atoms with E-state index in [0.29, 0.717) is 5.16 Å². The number of thioether (sulfide) groups is 2. The van der Waals surface area contributed by atoms with E-state index >= 15 is 0 Å². The predicted molar refractivity (Wildman–Crippen MR) is 147 cm³/mol. The van der Waals surface area contributed by atoms with Gasteiger partial charge in [0.1, 0.15) is 15.6 Å². The zero-order valence-corrected chi connectivity index (χ0v) is 22.5. The largest absolute Gasteiger partial charge is 0.339 e. The molecule has 3 aromatic rings. The Balaban J connectivity index is 1.28. The van der Waals surface area contributed by atoms with Gasteiger partial charge in [-0.25, -0.2) is 4.98 Å². The number of nitrogens with one attached hydrogen (secondary N) is 1. The Kier molecular flexibility index (Phi) is 6.22. The minimum Gasteiger partial charge on any atom is -0.339 e. The zero-order chi connectivity index (χ0) is 24.9. The third-order valence-corrected chi connectivity index (χ3v) is 10.9. The molecule has 0 bridgehead atoms. The Morgan fingerprint density at radius 1 is 1.22 bits per heavy atom. The maximum absolute atomic E-state index is 13.7. The van der Waals surface area contributed by atoms with E-state index in [1.54, 1.807) is 27.7 Å². The number of carbonyl (C=O) groups excluding carboxylic acids is 1. The fourth-order valence-corrected chi connectivity index (χ4v) is 9.34. The SMILES string of the molecule is CC1(NC(=O)CSc2nc3sc4c(c3c(=O)n2-c2ccccc2)CCC4)SC2=C(CCCC2)C1C#N. The second kappa shape index (κ2) is 9.40. The average molecular weight is 535 g/mol. The fourth-order valence-electron chi connectivity index (χ4n) is 5.64. The first-order valence-electron chi connectivity index (χ1n) is 12.4. The first-order valence-corrected chi connectivity index (χ1v) is 15.0. The van der Waals surface area contributed by atoms with Crippen molar-refractivity contribution in [3.63, 3.8) is 0 Å². The minimum atomic E-state index is -0.660. The maximum Gasteiger partial charge on any atom is 0.267 e. The summed E-state index contributed by atoms with van der Waals surface area (Å²) >= 11 is 4.53. The van der Waals surface area contributed by atoms with Gasteiger partial charge in [-0.1, -0.05) is 30.0 Å². The molecule has 2 atom stereocenters. The van der Waals surface area contributed by atoms with Crippen LogP contribution in [0.4, 0.5) is 0 Å². The standard InChI is InChI=1S/C27H26N4O2S3/c1-27(19(14-28)17-10-5-6-12-21(17)36-27)30-22(32)15-34-26-29-24-23(18-11-7-13-20(18)35-24)25(33)31(26)16-8-3-2-4-9-16/h2-4,8-9,19H,5-7,10-13,15H2,1H3,(H,30,32). The number of nitrogens with zero attached hydrogens (tertiary/aromatic N) is 3. The van der Waals surface area contributed by atoms with Gasteiger partial charge in [-0.3, -0.25) is 14.2 Å². The van der Waals surface area contributed by atoms with Crippen molar-refractivity contribution in [2.45, 2.75) is 61.9 Å². The number of carbonyl (C=O) groups is 1.